The molecular formula is C19H20N2O. The van der Waals surface area contributed by atoms with E-state index in [2.05, 4.69) is 30.6 Å². The maximum absolute atomic E-state index is 12.3. The van der Waals surface area contributed by atoms with E-state index in [-0.39, 0.29) is 11.3 Å². The summed E-state index contributed by atoms with van der Waals surface area (Å²) in [4.78, 5) is 14.4. The van der Waals surface area contributed by atoms with Gasteiger partial charge in [0.2, 0.25) is 0 Å². The Kier molecular flexibility index (Phi) is 3.28. The van der Waals surface area contributed by atoms with Gasteiger partial charge >= 0.3 is 0 Å². The lowest BCUT2D eigenvalue weighted by atomic mass is 9.84. The molecule has 1 aliphatic rings. The Labute approximate surface area is 131 Å². The highest BCUT2D eigenvalue weighted by atomic mass is 16.1. The van der Waals surface area contributed by atoms with Gasteiger partial charge in [0.15, 0.2) is 0 Å². The van der Waals surface area contributed by atoms with E-state index in [1.165, 1.54) is 5.56 Å². The summed E-state index contributed by atoms with van der Waals surface area (Å²) in [5, 5.41) is 2.97. The van der Waals surface area contributed by atoms with Gasteiger partial charge < -0.3 is 10.2 Å². The number of carbonyl (C=O) groups is 1. The van der Waals surface area contributed by atoms with Crippen molar-refractivity contribution in [3.63, 3.8) is 0 Å². The van der Waals surface area contributed by atoms with E-state index in [1.54, 1.807) is 0 Å². The van der Waals surface area contributed by atoms with Crippen LogP contribution >= 0.6 is 0 Å². The third-order valence-corrected chi connectivity index (χ3v) is 4.45. The molecule has 3 heteroatoms. The highest BCUT2D eigenvalue weighted by molar-refractivity contribution is 6.04. The molecule has 3 rings (SSSR count). The Balaban J connectivity index is 1.91. The number of nitrogens with one attached hydrogen (secondary N) is 1. The highest BCUT2D eigenvalue weighted by Crippen LogP contribution is 2.46. The molecule has 2 aromatic carbocycles. The Hall–Kier alpha value is -2.55. The van der Waals surface area contributed by atoms with Crippen molar-refractivity contribution in [3.8, 4) is 0 Å². The first-order valence-electron chi connectivity index (χ1n) is 7.35. The van der Waals surface area contributed by atoms with Gasteiger partial charge in [-0.15, -0.1) is 0 Å². The van der Waals surface area contributed by atoms with Gasteiger partial charge in [-0.3, -0.25) is 4.79 Å². The molecule has 0 aromatic heterocycles. The number of benzene rings is 2. The van der Waals surface area contributed by atoms with E-state index >= 15 is 0 Å². The number of amides is 1. The molecule has 3 nitrogen and oxygen atoms in total. The molecule has 0 unspecified atom stereocenters. The van der Waals surface area contributed by atoms with E-state index < -0.39 is 0 Å². The van der Waals surface area contributed by atoms with Gasteiger partial charge in [0.05, 0.1) is 0 Å². The second kappa shape index (κ2) is 5.02. The van der Waals surface area contributed by atoms with Crippen LogP contribution in [0.15, 0.2) is 60.8 Å². The van der Waals surface area contributed by atoms with Gasteiger partial charge in [-0.1, -0.05) is 38.6 Å². The summed E-state index contributed by atoms with van der Waals surface area (Å²) in [6.07, 6.45) is 0. The first kappa shape index (κ1) is 14.4. The molecule has 0 fully saturated rings. The minimum Gasteiger partial charge on any atom is -0.348 e. The first-order chi connectivity index (χ1) is 10.4. The van der Waals surface area contributed by atoms with Gasteiger partial charge in [0.1, 0.15) is 0 Å². The van der Waals surface area contributed by atoms with Crippen LogP contribution < -0.4 is 10.2 Å². The number of carbonyl (C=O) groups excluding carboxylic acids is 1. The number of anilines is 2. The number of nitrogens with zero attached hydrogens (tertiary/aromatic N) is 1. The topological polar surface area (TPSA) is 32.3 Å². The maximum atomic E-state index is 12.3. The van der Waals surface area contributed by atoms with Crippen molar-refractivity contribution in [3.05, 3.63) is 71.9 Å². The van der Waals surface area contributed by atoms with Crippen molar-refractivity contribution < 1.29 is 4.79 Å². The zero-order chi connectivity index (χ0) is 15.9. The Morgan fingerprint density at radius 2 is 1.82 bits per heavy atom. The smallest absolute Gasteiger partial charge is 0.255 e. The normalized spacial score (nSPS) is 15.6. The number of hydrogen-bond acceptors (Lipinski definition) is 2. The summed E-state index contributed by atoms with van der Waals surface area (Å²) in [6.45, 7) is 8.49. The molecule has 22 heavy (non-hydrogen) atoms. The largest absolute Gasteiger partial charge is 0.348 e. The summed E-state index contributed by atoms with van der Waals surface area (Å²) in [5.41, 5.74) is 4.73. The lowest BCUT2D eigenvalue weighted by Crippen LogP contribution is -2.21. The summed E-state index contributed by atoms with van der Waals surface area (Å²) in [5.74, 6) is -0.0939. The fourth-order valence-corrected chi connectivity index (χ4v) is 2.92. The predicted octanol–water partition coefficient (Wildman–Crippen LogP) is 4.18. The zero-order valence-corrected chi connectivity index (χ0v) is 13.2. The summed E-state index contributed by atoms with van der Waals surface area (Å²) >= 11 is 0. The van der Waals surface area contributed by atoms with Crippen molar-refractivity contribution in [2.24, 2.45) is 0 Å². The molecule has 2 aromatic rings. The fourth-order valence-electron chi connectivity index (χ4n) is 2.92. The number of likely N-dealkylation sites (N-methyl/N-ethyl adjacent to an activating group) is 1. The Bertz CT molecular complexity index is 747. The standard InChI is InChI=1S/C19H20N2O/c1-13-19(2,3)16-12-15(10-11-17(16)21(13)4)20-18(22)14-8-6-5-7-9-14/h5-12H,1H2,2-4H3,(H,20,22). The van der Waals surface area contributed by atoms with Crippen LogP contribution in [0.25, 0.3) is 0 Å². The van der Waals surface area contributed by atoms with Gasteiger partial charge in [0, 0.05) is 35.1 Å². The summed E-state index contributed by atoms with van der Waals surface area (Å²) in [7, 11) is 2.03. The molecule has 112 valence electrons. The molecule has 0 spiro atoms. The number of hydrogen-bond donors (Lipinski definition) is 1. The molecule has 1 aliphatic heterocycles. The molecule has 0 saturated carbocycles. The van der Waals surface area contributed by atoms with Crippen molar-refractivity contribution in [2.45, 2.75) is 19.3 Å². The SMILES string of the molecule is C=C1N(C)c2ccc(NC(=O)c3ccccc3)cc2C1(C)C. The van der Waals surface area contributed by atoms with Gasteiger partial charge in [-0.05, 0) is 35.9 Å². The number of allylic oxidation sites excluding steroid dienone is 1. The molecule has 1 N–H and O–H groups in total. The summed E-state index contributed by atoms with van der Waals surface area (Å²) in [6, 6.07) is 15.3. The molecule has 0 saturated heterocycles. The quantitative estimate of drug-likeness (QED) is 0.900. The van der Waals surface area contributed by atoms with Gasteiger partial charge in [0.25, 0.3) is 5.91 Å². The van der Waals surface area contributed by atoms with Crippen LogP contribution in [0.1, 0.15) is 29.8 Å². The van der Waals surface area contributed by atoms with Gasteiger partial charge in [-0.2, -0.15) is 0 Å². The molecule has 0 radical (unpaired) electrons. The lowest BCUT2D eigenvalue weighted by molar-refractivity contribution is 0.102. The van der Waals surface area contributed by atoms with Crippen LogP contribution in [0, 0.1) is 0 Å². The first-order valence-corrected chi connectivity index (χ1v) is 7.35. The van der Waals surface area contributed by atoms with E-state index in [9.17, 15) is 4.79 Å². The minimum atomic E-state index is -0.127. The molecular weight excluding hydrogens is 272 g/mol. The lowest BCUT2D eigenvalue weighted by Gasteiger charge is -2.22. The van der Waals surface area contributed by atoms with Crippen LogP contribution in [-0.4, -0.2) is 13.0 Å². The minimum absolute atomic E-state index is 0.0939. The van der Waals surface area contributed by atoms with Crippen molar-refractivity contribution in [1.82, 2.24) is 0 Å². The average Bonchev–Trinajstić information content (AvgIpc) is 2.69. The fraction of sp³-hybridized carbons (Fsp3) is 0.211. The molecule has 0 bridgehead atoms. The van der Waals surface area contributed by atoms with Crippen molar-refractivity contribution in [1.29, 1.82) is 0 Å². The third-order valence-electron chi connectivity index (χ3n) is 4.45. The number of fused-ring (bicyclic) bond motifs is 1. The van der Waals surface area contributed by atoms with Crippen LogP contribution in [0.4, 0.5) is 11.4 Å². The third kappa shape index (κ3) is 2.19. The Morgan fingerprint density at radius 1 is 1.14 bits per heavy atom. The zero-order valence-electron chi connectivity index (χ0n) is 13.2. The second-order valence-corrected chi connectivity index (χ2v) is 6.18. The maximum Gasteiger partial charge on any atom is 0.255 e. The van der Waals surface area contributed by atoms with Crippen LogP contribution in [-0.2, 0) is 5.41 Å². The van der Waals surface area contributed by atoms with Gasteiger partial charge in [-0.25, -0.2) is 0 Å². The van der Waals surface area contributed by atoms with E-state index in [0.717, 1.165) is 17.1 Å². The van der Waals surface area contributed by atoms with E-state index in [0.29, 0.717) is 5.56 Å². The second-order valence-electron chi connectivity index (χ2n) is 6.18. The van der Waals surface area contributed by atoms with Crippen LogP contribution in [0.5, 0.6) is 0 Å². The molecule has 1 heterocycles. The monoisotopic (exact) mass is 292 g/mol. The predicted molar refractivity (Wildman–Crippen MR) is 91.4 cm³/mol. The average molecular weight is 292 g/mol. The number of rotatable bonds is 2. The molecule has 0 atom stereocenters. The molecule has 0 aliphatic carbocycles. The molecule has 1 amide bonds. The van der Waals surface area contributed by atoms with E-state index in [4.69, 9.17) is 0 Å². The van der Waals surface area contributed by atoms with Crippen LogP contribution in [0.3, 0.4) is 0 Å². The highest BCUT2D eigenvalue weighted by Gasteiger charge is 2.37. The van der Waals surface area contributed by atoms with Crippen molar-refractivity contribution >= 4 is 17.3 Å². The van der Waals surface area contributed by atoms with Crippen LogP contribution in [0.2, 0.25) is 0 Å². The summed E-state index contributed by atoms with van der Waals surface area (Å²) < 4.78 is 0. The Morgan fingerprint density at radius 3 is 2.50 bits per heavy atom. The van der Waals surface area contributed by atoms with Crippen molar-refractivity contribution in [2.75, 3.05) is 17.3 Å². The van der Waals surface area contributed by atoms with E-state index in [1.807, 2.05) is 55.6 Å².